The molecule has 0 aromatic heterocycles. The Kier molecular flexibility index (Phi) is 11.4. The minimum Gasteiger partial charge on any atom is -0.344 e. The fraction of sp³-hybridized carbons (Fsp3) is 0.389. The summed E-state index contributed by atoms with van der Waals surface area (Å²) in [7, 11) is -4.48. The van der Waals surface area contributed by atoms with Gasteiger partial charge in [0.1, 0.15) is 6.54 Å². The van der Waals surface area contributed by atoms with Gasteiger partial charge in [0, 0.05) is 65.2 Å². The van der Waals surface area contributed by atoms with Gasteiger partial charge < -0.3 is 9.74 Å². The smallest absolute Gasteiger partial charge is 0.333 e. The molecule has 0 saturated carbocycles. The van der Waals surface area contributed by atoms with E-state index in [1.165, 1.54) is 12.1 Å². The number of carbonyl (C=O) groups is 3. The van der Waals surface area contributed by atoms with Gasteiger partial charge in [-0.2, -0.15) is 13.0 Å². The second-order valence-corrected chi connectivity index (χ2v) is 15.3. The third-order valence-corrected chi connectivity index (χ3v) is 11.1. The zero-order valence-corrected chi connectivity index (χ0v) is 30.8. The van der Waals surface area contributed by atoms with Gasteiger partial charge in [-0.15, -0.1) is 9.40 Å². The molecule has 5 rings (SSSR count). The zero-order chi connectivity index (χ0) is 37.1. The maximum Gasteiger partial charge on any atom is 0.333 e. The van der Waals surface area contributed by atoms with Crippen LogP contribution in [-0.4, -0.2) is 64.5 Å². The minimum absolute atomic E-state index is 0.000617. The van der Waals surface area contributed by atoms with Crippen molar-refractivity contribution in [1.82, 2.24) is 5.06 Å². The molecule has 3 aliphatic heterocycles. The normalized spacial score (nSPS) is 20.8. The lowest BCUT2D eigenvalue weighted by Crippen LogP contribution is -2.32. The van der Waals surface area contributed by atoms with Crippen molar-refractivity contribution in [2.75, 3.05) is 18.0 Å². The van der Waals surface area contributed by atoms with E-state index >= 15 is 0 Å². The number of benzene rings is 2. The molecular formula is C36H42N3O10S2+. The Bertz CT molecular complexity index is 1950. The first-order valence-electron chi connectivity index (χ1n) is 16.6. The van der Waals surface area contributed by atoms with Gasteiger partial charge in [-0.25, -0.2) is 10.1 Å². The Morgan fingerprint density at radius 3 is 2.39 bits per heavy atom. The van der Waals surface area contributed by atoms with Crippen molar-refractivity contribution in [3.8, 4) is 0 Å². The van der Waals surface area contributed by atoms with Crippen molar-refractivity contribution in [2.24, 2.45) is 0 Å². The van der Waals surface area contributed by atoms with Crippen molar-refractivity contribution in [2.45, 2.75) is 87.3 Å². The van der Waals surface area contributed by atoms with Crippen molar-refractivity contribution < 1.29 is 51.4 Å². The predicted octanol–water partition coefficient (Wildman–Crippen LogP) is 6.33. The van der Waals surface area contributed by atoms with E-state index < -0.39 is 33.3 Å². The molecule has 13 nitrogen and oxygen atoms in total. The first kappa shape index (κ1) is 38.1. The van der Waals surface area contributed by atoms with Crippen LogP contribution in [0.3, 0.4) is 0 Å². The van der Waals surface area contributed by atoms with E-state index in [2.05, 4.69) is 45.7 Å². The third kappa shape index (κ3) is 7.59. The molecule has 1 unspecified atom stereocenters. The number of anilines is 1. The van der Waals surface area contributed by atoms with E-state index in [9.17, 15) is 27.4 Å². The van der Waals surface area contributed by atoms with Crippen molar-refractivity contribution in [1.29, 1.82) is 0 Å². The topological polar surface area (TPSA) is 163 Å². The fourth-order valence-corrected chi connectivity index (χ4v) is 8.05. The molecule has 3 aliphatic rings. The molecule has 0 spiro atoms. The molecule has 51 heavy (non-hydrogen) atoms. The number of amides is 2. The van der Waals surface area contributed by atoms with Crippen LogP contribution in [0, 0.1) is 0 Å². The summed E-state index contributed by atoms with van der Waals surface area (Å²) in [5, 5.41) is 12.9. The molecule has 2 aromatic carbocycles. The van der Waals surface area contributed by atoms with Crippen LogP contribution in [0.2, 0.25) is 0 Å². The van der Waals surface area contributed by atoms with Gasteiger partial charge in [0.2, 0.25) is 5.69 Å². The maximum atomic E-state index is 12.6. The number of carbonyl (C=O) groups excluding carboxylic acids is 3. The highest BCUT2D eigenvalue weighted by Gasteiger charge is 2.45. The van der Waals surface area contributed by atoms with Crippen LogP contribution in [0.1, 0.15) is 77.8 Å². The molecule has 1 saturated heterocycles. The quantitative estimate of drug-likeness (QED) is 0.0422. The number of fused-ring (bicyclic) bond motifs is 2. The number of imide groups is 1. The largest absolute Gasteiger partial charge is 0.344 e. The molecule has 2 aromatic rings. The Morgan fingerprint density at radius 1 is 1.02 bits per heavy atom. The maximum absolute atomic E-state index is 12.6. The number of likely N-dealkylation sites (N-methyl/N-ethyl adjacent to an activating group) is 1. The van der Waals surface area contributed by atoms with E-state index in [1.54, 1.807) is 6.07 Å². The van der Waals surface area contributed by atoms with Gasteiger partial charge in [-0.05, 0) is 89.4 Å². The molecule has 0 bridgehead atoms. The minimum atomic E-state index is -4.48. The van der Waals surface area contributed by atoms with Gasteiger partial charge in [-0.1, -0.05) is 23.3 Å². The second-order valence-electron chi connectivity index (χ2n) is 13.1. The Hall–Kier alpha value is -4.12. The van der Waals surface area contributed by atoms with Crippen molar-refractivity contribution in [3.63, 3.8) is 0 Å². The highest BCUT2D eigenvalue weighted by molar-refractivity contribution is 7.94. The van der Waals surface area contributed by atoms with Crippen LogP contribution in [-0.2, 0) is 49.5 Å². The lowest BCUT2D eigenvalue weighted by atomic mass is 9.77. The molecule has 1 fully saturated rings. The highest BCUT2D eigenvalue weighted by Crippen LogP contribution is 2.51. The van der Waals surface area contributed by atoms with E-state index in [-0.39, 0.29) is 29.6 Å². The Labute approximate surface area is 301 Å². The molecule has 15 heteroatoms. The first-order chi connectivity index (χ1) is 24.2. The summed E-state index contributed by atoms with van der Waals surface area (Å²) < 4.78 is 41.0. The van der Waals surface area contributed by atoms with Crippen LogP contribution in [0.25, 0.3) is 0 Å². The van der Waals surface area contributed by atoms with Crippen LogP contribution in [0.4, 0.5) is 11.4 Å². The summed E-state index contributed by atoms with van der Waals surface area (Å²) in [6.07, 6.45) is 10.4. The number of hydroxylamine groups is 2. The van der Waals surface area contributed by atoms with Crippen molar-refractivity contribution in [3.05, 3.63) is 83.6 Å². The molecule has 2 amide bonds. The van der Waals surface area contributed by atoms with E-state index in [1.807, 2.05) is 56.4 Å². The molecule has 3 heterocycles. The first-order valence-corrected chi connectivity index (χ1v) is 18.8. The number of hydrogen-bond donors (Lipinski definition) is 2. The Morgan fingerprint density at radius 2 is 1.75 bits per heavy atom. The van der Waals surface area contributed by atoms with Crippen LogP contribution < -0.4 is 4.90 Å². The highest BCUT2D eigenvalue weighted by atomic mass is 32.2. The average Bonchev–Trinajstić information content (AvgIpc) is 3.61. The van der Waals surface area contributed by atoms with Crippen LogP contribution >= 0.6 is 12.0 Å². The molecule has 0 aliphatic carbocycles. The number of rotatable bonds is 14. The second kappa shape index (κ2) is 15.2. The number of hydrogen-bond acceptors (Lipinski definition) is 11. The third-order valence-electron chi connectivity index (χ3n) is 9.65. The monoisotopic (exact) mass is 740 g/mol. The number of nitrogens with zero attached hydrogens (tertiary/aromatic N) is 3. The predicted molar refractivity (Wildman–Crippen MR) is 190 cm³/mol. The summed E-state index contributed by atoms with van der Waals surface area (Å²) in [6.45, 7) is 11.6. The summed E-state index contributed by atoms with van der Waals surface area (Å²) >= 11 is 0.914. The van der Waals surface area contributed by atoms with Gasteiger partial charge in [-0.3, -0.25) is 14.1 Å². The lowest BCUT2D eigenvalue weighted by molar-refractivity contribution is -0.433. The van der Waals surface area contributed by atoms with E-state index in [4.69, 9.17) is 10.1 Å². The van der Waals surface area contributed by atoms with Gasteiger partial charge in [0.15, 0.2) is 5.71 Å². The average molecular weight is 741 g/mol. The number of allylic oxidation sites excluding steroid dienone is 6. The van der Waals surface area contributed by atoms with Crippen molar-refractivity contribution >= 4 is 57.0 Å². The summed E-state index contributed by atoms with van der Waals surface area (Å²) in [6, 6.07) is 10.4. The molecule has 272 valence electrons. The standard InChI is InChI=1S/C36H41N3O10S2/c1-6-37-28-17-15-24(50-49-48-43)22-26(28)35(3,4)30(37)12-9-8-10-13-31-36(5,21-11-14-34(42)47-39-32(40)19-20-33(39)41)27-23-25(51(44,45)46)16-18-29(27)38(31)7-2/h8-10,12-13,15-18,22-23H,6-7,11,14,19-21H2,1-5H3,(H-,43,44,45,46)/p+1. The van der Waals surface area contributed by atoms with E-state index in [0.29, 0.717) is 30.0 Å². The summed E-state index contributed by atoms with van der Waals surface area (Å²) in [5.74, 6) is -1.82. The lowest BCUT2D eigenvalue weighted by Gasteiger charge is -2.30. The fourth-order valence-electron chi connectivity index (χ4n) is 7.15. The molecule has 2 N–H and O–H groups in total. The summed E-state index contributed by atoms with van der Waals surface area (Å²) in [4.78, 5) is 44.1. The Balaban J connectivity index is 1.41. The SMILES string of the molecule is CCN1/C(=C/C=C/C=C/C2=[N+](CC)c3ccc(SOOO)cc3C2(C)C)C(C)(CCCC(=O)ON2C(=O)CCC2=O)c2cc(S(=O)(=O)O)ccc21. The molecular weight excluding hydrogens is 699 g/mol. The summed E-state index contributed by atoms with van der Waals surface area (Å²) in [5.41, 5.74) is 4.49. The van der Waals surface area contributed by atoms with E-state index in [0.717, 1.165) is 51.8 Å². The van der Waals surface area contributed by atoms with Crippen LogP contribution in [0.5, 0.6) is 0 Å². The molecule has 0 radical (unpaired) electrons. The molecule has 1 atom stereocenters. The zero-order valence-electron chi connectivity index (χ0n) is 29.1. The van der Waals surface area contributed by atoms with Crippen LogP contribution in [0.15, 0.2) is 82.3 Å². The van der Waals surface area contributed by atoms with Gasteiger partial charge >= 0.3 is 5.97 Å². The van der Waals surface area contributed by atoms with Gasteiger partial charge in [0.25, 0.3) is 21.9 Å². The van der Waals surface area contributed by atoms with Gasteiger partial charge in [0.05, 0.1) is 22.4 Å².